The monoisotopic (exact) mass is 396 g/mol. The van der Waals surface area contributed by atoms with Gasteiger partial charge in [0.15, 0.2) is 0 Å². The summed E-state index contributed by atoms with van der Waals surface area (Å²) in [4.78, 5) is 25.4. The van der Waals surface area contributed by atoms with E-state index in [1.54, 1.807) is 4.90 Å². The number of hydrogen-bond donors (Lipinski definition) is 2. The van der Waals surface area contributed by atoms with Crippen molar-refractivity contribution in [2.24, 2.45) is 11.8 Å². The molecule has 2 saturated heterocycles. The van der Waals surface area contributed by atoms with Gasteiger partial charge in [0.25, 0.3) is 0 Å². The maximum Gasteiger partial charge on any atom is 0.410 e. The van der Waals surface area contributed by atoms with Crippen LogP contribution < -0.4 is 10.6 Å². The van der Waals surface area contributed by atoms with E-state index in [1.165, 1.54) is 45.6 Å². The van der Waals surface area contributed by atoms with Crippen molar-refractivity contribution in [3.63, 3.8) is 0 Å². The fourth-order valence-electron chi connectivity index (χ4n) is 2.97. The van der Waals surface area contributed by atoms with Crippen LogP contribution in [0.4, 0.5) is 4.79 Å². The fourth-order valence-corrected chi connectivity index (χ4v) is 2.97. The van der Waals surface area contributed by atoms with Crippen molar-refractivity contribution >= 4 is 12.4 Å². The van der Waals surface area contributed by atoms with Crippen molar-refractivity contribution in [2.75, 3.05) is 58.9 Å². The molecule has 2 aliphatic carbocycles. The first kappa shape index (κ1) is 23.1. The molecule has 162 valence electrons. The van der Waals surface area contributed by atoms with E-state index in [9.17, 15) is 9.59 Å². The number of hydrogen-bond acceptors (Lipinski definition) is 6. The van der Waals surface area contributed by atoms with Crippen LogP contribution in [0.1, 0.15) is 46.5 Å². The molecule has 1 amide bonds. The molecule has 0 aromatic carbocycles. The van der Waals surface area contributed by atoms with Gasteiger partial charge in [0.05, 0.1) is 0 Å². The highest BCUT2D eigenvalue weighted by Crippen LogP contribution is 2.29. The van der Waals surface area contributed by atoms with Gasteiger partial charge in [0, 0.05) is 64.8 Å². The Kier molecular flexibility index (Phi) is 9.68. The summed E-state index contributed by atoms with van der Waals surface area (Å²) in [6.45, 7) is 15.2. The van der Waals surface area contributed by atoms with Crippen LogP contribution in [0, 0.1) is 11.8 Å². The Balaban J connectivity index is 0.000000164. The largest absolute Gasteiger partial charge is 0.444 e. The highest BCUT2D eigenvalue weighted by molar-refractivity contribution is 5.68. The third kappa shape index (κ3) is 11.0. The van der Waals surface area contributed by atoms with Gasteiger partial charge in [-0.05, 0) is 52.4 Å². The van der Waals surface area contributed by atoms with Crippen molar-refractivity contribution in [1.29, 1.82) is 0 Å². The third-order valence-corrected chi connectivity index (χ3v) is 5.01. The van der Waals surface area contributed by atoms with Gasteiger partial charge >= 0.3 is 6.09 Å². The Labute approximate surface area is 170 Å². The van der Waals surface area contributed by atoms with Gasteiger partial charge in [-0.2, -0.15) is 0 Å². The van der Waals surface area contributed by atoms with Crippen LogP contribution in [0.2, 0.25) is 0 Å². The summed E-state index contributed by atoms with van der Waals surface area (Å²) in [6.07, 6.45) is 6.09. The van der Waals surface area contributed by atoms with Crippen LogP contribution in [0.5, 0.6) is 0 Å². The van der Waals surface area contributed by atoms with E-state index in [0.29, 0.717) is 5.92 Å². The van der Waals surface area contributed by atoms with E-state index in [1.807, 2.05) is 20.8 Å². The molecule has 0 spiro atoms. The van der Waals surface area contributed by atoms with E-state index in [4.69, 9.17) is 4.74 Å². The standard InChI is InChI=1S/C9H18N2O2.C8H16N2.C4H6O/c1-9(2,3)13-8(12)11-6-4-10-5-7-11;1-2-8(1)7-10-5-3-9-4-6-10;5-3-4-1-2-4/h10H,4-7H2,1-3H3;8-9H,1-7H2;3-4H,1-2H2. The van der Waals surface area contributed by atoms with Crippen molar-refractivity contribution in [1.82, 2.24) is 20.4 Å². The number of piperazine rings is 2. The molecule has 2 aliphatic heterocycles. The number of carbonyl (C=O) groups is 2. The summed E-state index contributed by atoms with van der Waals surface area (Å²) in [6, 6.07) is 0. The lowest BCUT2D eigenvalue weighted by atomic mass is 10.2. The summed E-state index contributed by atoms with van der Waals surface area (Å²) in [5.74, 6) is 1.52. The highest BCUT2D eigenvalue weighted by atomic mass is 16.6. The molecule has 0 unspecified atom stereocenters. The molecule has 4 rings (SSSR count). The van der Waals surface area contributed by atoms with Crippen LogP contribution in [0.15, 0.2) is 0 Å². The van der Waals surface area contributed by atoms with Crippen molar-refractivity contribution < 1.29 is 14.3 Å². The molecule has 0 radical (unpaired) electrons. The minimum absolute atomic E-state index is 0.200. The third-order valence-electron chi connectivity index (χ3n) is 5.01. The molecule has 0 bridgehead atoms. The number of nitrogens with zero attached hydrogens (tertiary/aromatic N) is 2. The molecule has 2 N–H and O–H groups in total. The molecule has 4 aliphatic rings. The van der Waals surface area contributed by atoms with Crippen molar-refractivity contribution in [3.05, 3.63) is 0 Å². The maximum atomic E-state index is 11.5. The van der Waals surface area contributed by atoms with Crippen molar-refractivity contribution in [2.45, 2.75) is 52.1 Å². The summed E-state index contributed by atoms with van der Waals surface area (Å²) in [5.41, 5.74) is -0.387. The number of ether oxygens (including phenoxy) is 1. The van der Waals surface area contributed by atoms with Crippen molar-refractivity contribution in [3.8, 4) is 0 Å². The molecule has 0 atom stereocenters. The summed E-state index contributed by atoms with van der Waals surface area (Å²) >= 11 is 0. The van der Waals surface area contributed by atoms with E-state index < -0.39 is 0 Å². The molecule has 0 aromatic rings. The molecular weight excluding hydrogens is 356 g/mol. The van der Waals surface area contributed by atoms with Gasteiger partial charge < -0.3 is 30.0 Å². The van der Waals surface area contributed by atoms with Crippen LogP contribution >= 0.6 is 0 Å². The normalized spacial score (nSPS) is 22.9. The Bertz CT molecular complexity index is 461. The SMILES string of the molecule is C1CN(CC2CC2)CCN1.CC(C)(C)OC(=O)N1CCNCC1.O=CC1CC1. The molecule has 2 saturated carbocycles. The molecule has 4 fully saturated rings. The Hall–Kier alpha value is -1.18. The summed E-state index contributed by atoms with van der Waals surface area (Å²) in [5, 5.41) is 6.55. The summed E-state index contributed by atoms with van der Waals surface area (Å²) < 4.78 is 5.24. The fraction of sp³-hybridized carbons (Fsp3) is 0.905. The Morgan fingerprint density at radius 1 is 0.964 bits per heavy atom. The van der Waals surface area contributed by atoms with Crippen LogP contribution in [-0.2, 0) is 9.53 Å². The average Bonchev–Trinajstić information content (AvgIpc) is 3.58. The van der Waals surface area contributed by atoms with Gasteiger partial charge in [-0.1, -0.05) is 0 Å². The van der Waals surface area contributed by atoms with Crippen LogP contribution in [0.3, 0.4) is 0 Å². The van der Waals surface area contributed by atoms with Gasteiger partial charge in [-0.3, -0.25) is 0 Å². The Morgan fingerprint density at radius 3 is 1.89 bits per heavy atom. The second-order valence-corrected chi connectivity index (χ2v) is 9.18. The molecule has 0 aromatic heterocycles. The lowest BCUT2D eigenvalue weighted by molar-refractivity contribution is -0.108. The van der Waals surface area contributed by atoms with Crippen LogP contribution in [-0.4, -0.2) is 86.7 Å². The molecule has 28 heavy (non-hydrogen) atoms. The molecule has 7 heteroatoms. The first-order valence-corrected chi connectivity index (χ1v) is 10.9. The van der Waals surface area contributed by atoms with E-state index >= 15 is 0 Å². The van der Waals surface area contributed by atoms with Gasteiger partial charge in [-0.25, -0.2) is 4.79 Å². The lowest BCUT2D eigenvalue weighted by Crippen LogP contribution is -2.48. The van der Waals surface area contributed by atoms with Crippen LogP contribution in [0.25, 0.3) is 0 Å². The van der Waals surface area contributed by atoms with E-state index in [2.05, 4.69) is 15.5 Å². The summed E-state index contributed by atoms with van der Waals surface area (Å²) in [7, 11) is 0. The molecular formula is C21H40N4O3. The molecule has 7 nitrogen and oxygen atoms in total. The number of amides is 1. The van der Waals surface area contributed by atoms with Gasteiger partial charge in [-0.15, -0.1) is 0 Å². The smallest absolute Gasteiger partial charge is 0.410 e. The number of rotatable bonds is 3. The quantitative estimate of drug-likeness (QED) is 0.708. The van der Waals surface area contributed by atoms with Gasteiger partial charge in [0.1, 0.15) is 11.9 Å². The first-order valence-electron chi connectivity index (χ1n) is 10.9. The van der Waals surface area contributed by atoms with E-state index in [0.717, 1.165) is 51.2 Å². The minimum Gasteiger partial charge on any atom is -0.444 e. The lowest BCUT2D eigenvalue weighted by Gasteiger charge is -2.30. The number of carbonyl (C=O) groups excluding carboxylic acids is 2. The zero-order valence-corrected chi connectivity index (χ0v) is 18.0. The molecule has 2 heterocycles. The zero-order chi connectivity index (χ0) is 20.4. The Morgan fingerprint density at radius 2 is 1.50 bits per heavy atom. The number of nitrogens with one attached hydrogen (secondary N) is 2. The second kappa shape index (κ2) is 11.7. The number of aldehydes is 1. The maximum absolute atomic E-state index is 11.5. The topological polar surface area (TPSA) is 73.9 Å². The average molecular weight is 397 g/mol. The second-order valence-electron chi connectivity index (χ2n) is 9.18. The zero-order valence-electron chi connectivity index (χ0n) is 18.0. The first-order chi connectivity index (χ1) is 13.4. The minimum atomic E-state index is -0.387. The van der Waals surface area contributed by atoms with Gasteiger partial charge in [0.2, 0.25) is 0 Å². The van der Waals surface area contributed by atoms with E-state index in [-0.39, 0.29) is 11.7 Å². The predicted octanol–water partition coefficient (Wildman–Crippen LogP) is 1.72. The predicted molar refractivity (Wildman–Crippen MR) is 111 cm³/mol. The highest BCUT2D eigenvalue weighted by Gasteiger charge is 2.24.